The first-order valence-electron chi connectivity index (χ1n) is 5.81. The average Bonchev–Trinajstić information content (AvgIpc) is 2.75. The molecule has 19 heavy (non-hydrogen) atoms. The van der Waals surface area contributed by atoms with E-state index >= 15 is 0 Å². The van der Waals surface area contributed by atoms with Crippen LogP contribution in [-0.2, 0) is 4.74 Å². The van der Waals surface area contributed by atoms with Gasteiger partial charge in [0.05, 0.1) is 12.3 Å². The topological polar surface area (TPSA) is 70.1 Å². The van der Waals surface area contributed by atoms with Gasteiger partial charge in [0.15, 0.2) is 5.69 Å². The van der Waals surface area contributed by atoms with E-state index in [4.69, 9.17) is 10.5 Å². The van der Waals surface area contributed by atoms with Crippen LogP contribution in [0.3, 0.4) is 0 Å². The zero-order valence-corrected chi connectivity index (χ0v) is 12.3. The van der Waals surface area contributed by atoms with E-state index in [1.807, 2.05) is 25.1 Å². The smallest absolute Gasteiger partial charge is 0.360 e. The second-order valence-corrected chi connectivity index (χ2v) is 4.77. The fourth-order valence-corrected chi connectivity index (χ4v) is 2.18. The summed E-state index contributed by atoms with van der Waals surface area (Å²) in [5, 5.41) is 0. The number of carbonyl (C=O) groups excluding carboxylic acids is 1. The van der Waals surface area contributed by atoms with Gasteiger partial charge >= 0.3 is 5.97 Å². The van der Waals surface area contributed by atoms with Crippen molar-refractivity contribution in [3.8, 4) is 5.69 Å². The van der Waals surface area contributed by atoms with Crippen LogP contribution in [0.1, 0.15) is 23.0 Å². The molecule has 1 heterocycles. The minimum atomic E-state index is -0.512. The third-order valence-electron chi connectivity index (χ3n) is 2.70. The zero-order valence-electron chi connectivity index (χ0n) is 10.7. The first kappa shape index (κ1) is 13.6. The van der Waals surface area contributed by atoms with Gasteiger partial charge in [-0.3, -0.25) is 4.57 Å². The normalized spacial score (nSPS) is 10.5. The van der Waals surface area contributed by atoms with E-state index in [1.165, 1.54) is 6.33 Å². The van der Waals surface area contributed by atoms with Gasteiger partial charge in [-0.25, -0.2) is 9.78 Å². The van der Waals surface area contributed by atoms with Crippen molar-refractivity contribution in [1.29, 1.82) is 0 Å². The highest BCUT2D eigenvalue weighted by molar-refractivity contribution is 9.10. The SMILES string of the molecule is CCOC(=O)c1ncn(-c2cccc(C)c2Br)c1N. The maximum atomic E-state index is 11.7. The summed E-state index contributed by atoms with van der Waals surface area (Å²) >= 11 is 3.51. The Morgan fingerprint density at radius 2 is 2.26 bits per heavy atom. The molecule has 6 heteroatoms. The number of ether oxygens (including phenoxy) is 1. The molecule has 0 fully saturated rings. The average molecular weight is 324 g/mol. The molecule has 0 spiro atoms. The van der Waals surface area contributed by atoms with Gasteiger partial charge in [0, 0.05) is 4.47 Å². The summed E-state index contributed by atoms with van der Waals surface area (Å²) in [5.74, 6) is -0.243. The van der Waals surface area contributed by atoms with Gasteiger partial charge in [0.1, 0.15) is 12.1 Å². The molecular formula is C13H14BrN3O2. The summed E-state index contributed by atoms with van der Waals surface area (Å²) in [4.78, 5) is 15.7. The summed E-state index contributed by atoms with van der Waals surface area (Å²) in [6.07, 6.45) is 1.52. The predicted molar refractivity (Wildman–Crippen MR) is 76.4 cm³/mol. The number of imidazole rings is 1. The van der Waals surface area contributed by atoms with Gasteiger partial charge in [-0.2, -0.15) is 0 Å². The Bertz CT molecular complexity index is 622. The van der Waals surface area contributed by atoms with E-state index < -0.39 is 5.97 Å². The summed E-state index contributed by atoms with van der Waals surface area (Å²) in [5.41, 5.74) is 8.01. The van der Waals surface area contributed by atoms with Crippen LogP contribution >= 0.6 is 15.9 Å². The fourth-order valence-electron chi connectivity index (χ4n) is 1.72. The lowest BCUT2D eigenvalue weighted by atomic mass is 10.2. The van der Waals surface area contributed by atoms with Crippen LogP contribution in [-0.4, -0.2) is 22.1 Å². The van der Waals surface area contributed by atoms with Crippen molar-refractivity contribution in [1.82, 2.24) is 9.55 Å². The third-order valence-corrected chi connectivity index (χ3v) is 3.74. The number of benzene rings is 1. The number of rotatable bonds is 3. The lowest BCUT2D eigenvalue weighted by Crippen LogP contribution is -2.09. The molecule has 100 valence electrons. The molecule has 0 radical (unpaired) electrons. The second-order valence-electron chi connectivity index (χ2n) is 3.98. The van der Waals surface area contributed by atoms with Crippen molar-refractivity contribution in [2.24, 2.45) is 0 Å². The van der Waals surface area contributed by atoms with Gasteiger partial charge in [-0.1, -0.05) is 12.1 Å². The van der Waals surface area contributed by atoms with Crippen LogP contribution in [0.4, 0.5) is 5.82 Å². The number of nitrogens with two attached hydrogens (primary N) is 1. The van der Waals surface area contributed by atoms with Crippen LogP contribution in [0.25, 0.3) is 5.69 Å². The summed E-state index contributed by atoms with van der Waals surface area (Å²) in [6.45, 7) is 4.01. The quantitative estimate of drug-likeness (QED) is 0.881. The molecule has 0 amide bonds. The van der Waals surface area contributed by atoms with Crippen molar-refractivity contribution in [3.63, 3.8) is 0 Å². The first-order chi connectivity index (χ1) is 9.06. The first-order valence-corrected chi connectivity index (χ1v) is 6.61. The van der Waals surface area contributed by atoms with Crippen molar-refractivity contribution in [2.75, 3.05) is 12.3 Å². The zero-order chi connectivity index (χ0) is 14.0. The number of anilines is 1. The van der Waals surface area contributed by atoms with Gasteiger partial charge in [0.25, 0.3) is 0 Å². The van der Waals surface area contributed by atoms with E-state index in [2.05, 4.69) is 20.9 Å². The Balaban J connectivity index is 2.48. The molecule has 2 aromatic rings. The van der Waals surface area contributed by atoms with Crippen LogP contribution in [0, 0.1) is 6.92 Å². The van der Waals surface area contributed by atoms with Gasteiger partial charge in [0.2, 0.25) is 0 Å². The minimum Gasteiger partial charge on any atom is -0.461 e. The monoisotopic (exact) mass is 323 g/mol. The lowest BCUT2D eigenvalue weighted by Gasteiger charge is -2.09. The maximum absolute atomic E-state index is 11.7. The molecule has 2 rings (SSSR count). The third kappa shape index (κ3) is 2.49. The largest absolute Gasteiger partial charge is 0.461 e. The highest BCUT2D eigenvalue weighted by atomic mass is 79.9. The van der Waals surface area contributed by atoms with Crippen molar-refractivity contribution in [2.45, 2.75) is 13.8 Å². The van der Waals surface area contributed by atoms with E-state index in [0.29, 0.717) is 6.61 Å². The molecule has 0 bridgehead atoms. The molecule has 0 aliphatic rings. The molecule has 5 nitrogen and oxygen atoms in total. The summed E-state index contributed by atoms with van der Waals surface area (Å²) in [7, 11) is 0. The molecule has 0 saturated carbocycles. The number of nitrogens with zero attached hydrogens (tertiary/aromatic N) is 2. The Hall–Kier alpha value is -1.82. The Morgan fingerprint density at radius 3 is 2.95 bits per heavy atom. The van der Waals surface area contributed by atoms with E-state index in [9.17, 15) is 4.79 Å². The number of hydrogen-bond donors (Lipinski definition) is 1. The minimum absolute atomic E-state index is 0.134. The molecular weight excluding hydrogens is 310 g/mol. The Labute approximate surface area is 119 Å². The Kier molecular flexibility index (Phi) is 3.90. The molecule has 0 atom stereocenters. The number of hydrogen-bond acceptors (Lipinski definition) is 4. The van der Waals surface area contributed by atoms with Crippen LogP contribution < -0.4 is 5.73 Å². The number of carbonyl (C=O) groups is 1. The molecule has 1 aromatic carbocycles. The number of halogens is 1. The number of nitrogen functional groups attached to an aromatic ring is 1. The summed E-state index contributed by atoms with van der Waals surface area (Å²) < 4.78 is 7.47. The summed E-state index contributed by atoms with van der Waals surface area (Å²) in [6, 6.07) is 5.79. The van der Waals surface area contributed by atoms with E-state index in [0.717, 1.165) is 15.7 Å². The highest BCUT2D eigenvalue weighted by Gasteiger charge is 2.18. The number of esters is 1. The molecule has 1 aromatic heterocycles. The standard InChI is InChI=1S/C13H14BrN3O2/c1-3-19-13(18)11-12(15)17(7-16-11)9-6-4-5-8(2)10(9)14/h4-7H,3,15H2,1-2H3. The second kappa shape index (κ2) is 5.44. The molecule has 2 N–H and O–H groups in total. The van der Waals surface area contributed by atoms with Gasteiger partial charge < -0.3 is 10.5 Å². The number of aromatic nitrogens is 2. The predicted octanol–water partition coefficient (Wildman–Crippen LogP) is 2.70. The van der Waals surface area contributed by atoms with Crippen molar-refractivity contribution in [3.05, 3.63) is 40.3 Å². The Morgan fingerprint density at radius 1 is 1.53 bits per heavy atom. The highest BCUT2D eigenvalue weighted by Crippen LogP contribution is 2.27. The fraction of sp³-hybridized carbons (Fsp3) is 0.231. The number of aryl methyl sites for hydroxylation is 1. The van der Waals surface area contributed by atoms with Crippen molar-refractivity contribution < 1.29 is 9.53 Å². The van der Waals surface area contributed by atoms with Gasteiger partial charge in [-0.15, -0.1) is 0 Å². The molecule has 0 aliphatic carbocycles. The van der Waals surface area contributed by atoms with Crippen LogP contribution in [0.5, 0.6) is 0 Å². The van der Waals surface area contributed by atoms with Gasteiger partial charge in [-0.05, 0) is 41.4 Å². The molecule has 0 aliphatic heterocycles. The van der Waals surface area contributed by atoms with Crippen molar-refractivity contribution >= 4 is 27.7 Å². The van der Waals surface area contributed by atoms with E-state index in [-0.39, 0.29) is 11.5 Å². The molecule has 0 saturated heterocycles. The van der Waals surface area contributed by atoms with E-state index in [1.54, 1.807) is 11.5 Å². The van der Waals surface area contributed by atoms with Crippen LogP contribution in [0.15, 0.2) is 29.0 Å². The molecule has 0 unspecified atom stereocenters. The maximum Gasteiger partial charge on any atom is 0.360 e. The van der Waals surface area contributed by atoms with Crippen LogP contribution in [0.2, 0.25) is 0 Å². The lowest BCUT2D eigenvalue weighted by molar-refractivity contribution is 0.0521.